The Hall–Kier alpha value is -2.50. The van der Waals surface area contributed by atoms with Crippen molar-refractivity contribution in [2.75, 3.05) is 13.1 Å². The number of aryl methyl sites for hydroxylation is 4. The van der Waals surface area contributed by atoms with E-state index in [4.69, 9.17) is 0 Å². The smallest absolute Gasteiger partial charge is 0.255 e. The minimum atomic E-state index is -0.0742. The van der Waals surface area contributed by atoms with Gasteiger partial charge in [-0.05, 0) is 52.7 Å². The second-order valence-electron chi connectivity index (χ2n) is 7.05. The lowest BCUT2D eigenvalue weighted by Gasteiger charge is -2.33. The summed E-state index contributed by atoms with van der Waals surface area (Å²) in [4.78, 5) is 33.5. The van der Waals surface area contributed by atoms with Gasteiger partial charge in [0, 0.05) is 41.9 Å². The Kier molecular flexibility index (Phi) is 4.70. The normalized spacial score (nSPS) is 17.6. The summed E-state index contributed by atoms with van der Waals surface area (Å²) >= 11 is 0. The van der Waals surface area contributed by atoms with Crippen LogP contribution in [-0.4, -0.2) is 45.8 Å². The number of amides is 2. The zero-order valence-corrected chi connectivity index (χ0v) is 15.3. The average Bonchev–Trinajstić information content (AvgIpc) is 3.07. The highest BCUT2D eigenvalue weighted by Gasteiger charge is 2.27. The first-order valence-electron chi connectivity index (χ1n) is 8.77. The van der Waals surface area contributed by atoms with Crippen LogP contribution in [0.4, 0.5) is 0 Å². The second-order valence-corrected chi connectivity index (χ2v) is 7.05. The maximum atomic E-state index is 12.8. The summed E-state index contributed by atoms with van der Waals surface area (Å²) in [6.45, 7) is 8.99. The van der Waals surface area contributed by atoms with E-state index in [9.17, 15) is 9.59 Å². The predicted octanol–water partition coefficient (Wildman–Crippen LogP) is 2.61. The van der Waals surface area contributed by atoms with Gasteiger partial charge in [-0.3, -0.25) is 9.59 Å². The van der Waals surface area contributed by atoms with E-state index < -0.39 is 0 Å². The summed E-state index contributed by atoms with van der Waals surface area (Å²) in [5, 5.41) is 3.08. The maximum absolute atomic E-state index is 12.8. The van der Waals surface area contributed by atoms with Crippen molar-refractivity contribution in [1.29, 1.82) is 0 Å². The molecule has 1 unspecified atom stereocenters. The molecule has 0 saturated carbocycles. The van der Waals surface area contributed by atoms with E-state index in [-0.39, 0.29) is 17.9 Å². The molecule has 1 saturated heterocycles. The first-order chi connectivity index (χ1) is 11.8. The molecule has 0 aromatic carbocycles. The number of aromatic nitrogens is 2. The van der Waals surface area contributed by atoms with Gasteiger partial charge in [0.15, 0.2) is 0 Å². The molecular formula is C19H26N4O2. The molecule has 6 nitrogen and oxygen atoms in total. The fourth-order valence-electron chi connectivity index (χ4n) is 3.62. The topological polar surface area (TPSA) is 81.0 Å². The highest BCUT2D eigenvalue weighted by atomic mass is 16.2. The summed E-state index contributed by atoms with van der Waals surface area (Å²) in [5.41, 5.74) is 5.13. The highest BCUT2D eigenvalue weighted by Crippen LogP contribution is 2.18. The van der Waals surface area contributed by atoms with Gasteiger partial charge in [0.1, 0.15) is 0 Å². The van der Waals surface area contributed by atoms with Gasteiger partial charge < -0.3 is 20.2 Å². The van der Waals surface area contributed by atoms with E-state index in [1.165, 1.54) is 0 Å². The molecule has 0 spiro atoms. The number of piperidine rings is 1. The number of nitrogens with zero attached hydrogens (tertiary/aromatic N) is 1. The molecule has 3 rings (SSSR count). The Morgan fingerprint density at radius 2 is 1.64 bits per heavy atom. The quantitative estimate of drug-likeness (QED) is 0.801. The third kappa shape index (κ3) is 3.62. The molecule has 1 fully saturated rings. The molecule has 1 aliphatic heterocycles. The molecule has 0 aliphatic carbocycles. The van der Waals surface area contributed by atoms with Crippen molar-refractivity contribution in [3.8, 4) is 0 Å². The molecule has 2 aromatic rings. The molecule has 2 amide bonds. The third-order valence-corrected chi connectivity index (χ3v) is 4.82. The summed E-state index contributed by atoms with van der Waals surface area (Å²) < 4.78 is 0. The summed E-state index contributed by atoms with van der Waals surface area (Å²) in [6, 6.07) is 3.74. The number of hydrogen-bond acceptors (Lipinski definition) is 2. The molecule has 1 aliphatic rings. The Balaban J connectivity index is 1.67. The van der Waals surface area contributed by atoms with Crippen molar-refractivity contribution in [3.05, 3.63) is 46.0 Å². The van der Waals surface area contributed by atoms with Crippen LogP contribution in [0.5, 0.6) is 0 Å². The lowest BCUT2D eigenvalue weighted by molar-refractivity contribution is 0.0675. The zero-order chi connectivity index (χ0) is 18.1. The van der Waals surface area contributed by atoms with E-state index in [1.807, 2.05) is 44.7 Å². The van der Waals surface area contributed by atoms with E-state index in [0.717, 1.165) is 47.7 Å². The van der Waals surface area contributed by atoms with Crippen LogP contribution in [0.1, 0.15) is 56.3 Å². The van der Waals surface area contributed by atoms with Crippen LogP contribution < -0.4 is 5.32 Å². The molecule has 6 heteroatoms. The molecule has 3 heterocycles. The molecule has 0 radical (unpaired) electrons. The first kappa shape index (κ1) is 17.3. The monoisotopic (exact) mass is 342 g/mol. The lowest BCUT2D eigenvalue weighted by atomic mass is 10.0. The SMILES string of the molecule is Cc1cc(C(=O)NC2CCCN(C(=O)c3cc(C)[nH]c3C)C2)c(C)[nH]1. The zero-order valence-electron chi connectivity index (χ0n) is 15.3. The Morgan fingerprint density at radius 1 is 1.04 bits per heavy atom. The van der Waals surface area contributed by atoms with Gasteiger partial charge in [0.2, 0.25) is 0 Å². The molecular weight excluding hydrogens is 316 g/mol. The third-order valence-electron chi connectivity index (χ3n) is 4.82. The van der Waals surface area contributed by atoms with Gasteiger partial charge in [-0.2, -0.15) is 0 Å². The molecule has 3 N–H and O–H groups in total. The highest BCUT2D eigenvalue weighted by molar-refractivity contribution is 5.97. The van der Waals surface area contributed by atoms with Gasteiger partial charge >= 0.3 is 0 Å². The number of nitrogens with one attached hydrogen (secondary N) is 3. The van der Waals surface area contributed by atoms with Crippen LogP contribution in [0.15, 0.2) is 12.1 Å². The first-order valence-corrected chi connectivity index (χ1v) is 8.77. The van der Waals surface area contributed by atoms with Crippen molar-refractivity contribution in [2.45, 2.75) is 46.6 Å². The van der Waals surface area contributed by atoms with Crippen LogP contribution in [-0.2, 0) is 0 Å². The maximum Gasteiger partial charge on any atom is 0.255 e. The van der Waals surface area contributed by atoms with Gasteiger partial charge in [0.05, 0.1) is 11.1 Å². The van der Waals surface area contributed by atoms with Crippen LogP contribution >= 0.6 is 0 Å². The van der Waals surface area contributed by atoms with Gasteiger partial charge in [-0.15, -0.1) is 0 Å². The van der Waals surface area contributed by atoms with E-state index in [0.29, 0.717) is 12.1 Å². The minimum absolute atomic E-state index is 0.0137. The fraction of sp³-hybridized carbons (Fsp3) is 0.474. The predicted molar refractivity (Wildman–Crippen MR) is 96.9 cm³/mol. The van der Waals surface area contributed by atoms with Crippen LogP contribution in [0.25, 0.3) is 0 Å². The van der Waals surface area contributed by atoms with Crippen molar-refractivity contribution in [1.82, 2.24) is 20.2 Å². The largest absolute Gasteiger partial charge is 0.362 e. The van der Waals surface area contributed by atoms with Crippen molar-refractivity contribution in [3.63, 3.8) is 0 Å². The molecule has 25 heavy (non-hydrogen) atoms. The molecule has 134 valence electrons. The van der Waals surface area contributed by atoms with Gasteiger partial charge in [0.25, 0.3) is 11.8 Å². The Bertz CT molecular complexity index is 802. The van der Waals surface area contributed by atoms with E-state index >= 15 is 0 Å². The molecule has 2 aromatic heterocycles. The summed E-state index contributed by atoms with van der Waals surface area (Å²) in [5.74, 6) is -0.0377. The van der Waals surface area contributed by atoms with Crippen molar-refractivity contribution in [2.24, 2.45) is 0 Å². The van der Waals surface area contributed by atoms with Crippen LogP contribution in [0.2, 0.25) is 0 Å². The Morgan fingerprint density at radius 3 is 2.20 bits per heavy atom. The number of hydrogen-bond donors (Lipinski definition) is 3. The average molecular weight is 342 g/mol. The Labute approximate surface area is 148 Å². The van der Waals surface area contributed by atoms with Gasteiger partial charge in [-0.25, -0.2) is 0 Å². The number of aromatic amines is 2. The van der Waals surface area contributed by atoms with Crippen molar-refractivity contribution >= 4 is 11.8 Å². The summed E-state index contributed by atoms with van der Waals surface area (Å²) in [6.07, 6.45) is 1.79. The lowest BCUT2D eigenvalue weighted by Crippen LogP contribution is -2.49. The van der Waals surface area contributed by atoms with Crippen molar-refractivity contribution < 1.29 is 9.59 Å². The number of H-pyrrole nitrogens is 2. The number of carbonyl (C=O) groups excluding carboxylic acids is 2. The second kappa shape index (κ2) is 6.78. The number of likely N-dealkylation sites (tertiary alicyclic amines) is 1. The van der Waals surface area contributed by atoms with Crippen LogP contribution in [0, 0.1) is 27.7 Å². The molecule has 1 atom stereocenters. The number of carbonyl (C=O) groups is 2. The van der Waals surface area contributed by atoms with Crippen LogP contribution in [0.3, 0.4) is 0 Å². The van der Waals surface area contributed by atoms with E-state index in [1.54, 1.807) is 0 Å². The minimum Gasteiger partial charge on any atom is -0.362 e. The number of rotatable bonds is 3. The molecule has 0 bridgehead atoms. The standard InChI is InChI=1S/C19H26N4O2/c1-11-8-16(13(3)20-11)18(24)22-15-6-5-7-23(10-15)19(25)17-9-12(2)21-14(17)4/h8-9,15,20-21H,5-7,10H2,1-4H3,(H,22,24). The van der Waals surface area contributed by atoms with E-state index in [2.05, 4.69) is 15.3 Å². The fourth-order valence-corrected chi connectivity index (χ4v) is 3.62. The van der Waals surface area contributed by atoms with Gasteiger partial charge in [-0.1, -0.05) is 0 Å². The summed E-state index contributed by atoms with van der Waals surface area (Å²) in [7, 11) is 0.